The quantitative estimate of drug-likeness (QED) is 0.866. The van der Waals surface area contributed by atoms with Gasteiger partial charge in [-0.3, -0.25) is 4.90 Å². The molecule has 5 nitrogen and oxygen atoms in total. The Bertz CT molecular complexity index is 418. The van der Waals surface area contributed by atoms with Crippen molar-refractivity contribution in [2.24, 2.45) is 5.73 Å². The number of fused-ring (bicyclic) bond motifs is 1. The number of hydrogen-bond acceptors (Lipinski definition) is 5. The molecule has 0 amide bonds. The van der Waals surface area contributed by atoms with Crippen LogP contribution in [0.2, 0.25) is 0 Å². The third-order valence-electron chi connectivity index (χ3n) is 4.32. The smallest absolute Gasteiger partial charge is 0.225 e. The summed E-state index contributed by atoms with van der Waals surface area (Å²) in [5, 5.41) is 0. The Kier molecular flexibility index (Phi) is 3.66. The van der Waals surface area contributed by atoms with E-state index in [1.165, 1.54) is 19.4 Å². The Morgan fingerprint density at radius 1 is 1.32 bits per heavy atom. The number of nitrogens with zero attached hydrogens (tertiary/aromatic N) is 4. The molecule has 2 fully saturated rings. The van der Waals surface area contributed by atoms with Crippen molar-refractivity contribution in [3.8, 4) is 0 Å². The van der Waals surface area contributed by atoms with Crippen molar-refractivity contribution in [3.63, 3.8) is 0 Å². The van der Waals surface area contributed by atoms with Crippen molar-refractivity contribution < 1.29 is 0 Å². The molecule has 1 aromatic heterocycles. The molecule has 5 heteroatoms. The maximum atomic E-state index is 5.55. The first-order valence-electron chi connectivity index (χ1n) is 7.29. The van der Waals surface area contributed by atoms with Crippen LogP contribution in [-0.2, 0) is 6.42 Å². The molecule has 3 rings (SSSR count). The lowest BCUT2D eigenvalue weighted by atomic mass is 10.1. The van der Waals surface area contributed by atoms with E-state index in [4.69, 9.17) is 5.73 Å². The Hall–Kier alpha value is -1.20. The number of anilines is 1. The van der Waals surface area contributed by atoms with Gasteiger partial charge < -0.3 is 10.6 Å². The van der Waals surface area contributed by atoms with Crippen LogP contribution >= 0.6 is 0 Å². The van der Waals surface area contributed by atoms with Crippen LogP contribution in [0.4, 0.5) is 5.95 Å². The second kappa shape index (κ2) is 5.43. The summed E-state index contributed by atoms with van der Waals surface area (Å²) in [5.74, 6) is 0.875. The van der Waals surface area contributed by atoms with Gasteiger partial charge >= 0.3 is 0 Å². The summed E-state index contributed by atoms with van der Waals surface area (Å²) in [6.07, 6.45) is 7.34. The molecule has 2 saturated heterocycles. The molecular weight excluding hydrogens is 238 g/mol. The summed E-state index contributed by atoms with van der Waals surface area (Å²) >= 11 is 0. The second-order valence-electron chi connectivity index (χ2n) is 5.72. The van der Waals surface area contributed by atoms with Crippen LogP contribution in [0.1, 0.15) is 25.3 Å². The van der Waals surface area contributed by atoms with E-state index in [9.17, 15) is 0 Å². The average Bonchev–Trinajstić information content (AvgIpc) is 2.86. The molecule has 2 N–H and O–H groups in total. The summed E-state index contributed by atoms with van der Waals surface area (Å²) in [6.45, 7) is 6.39. The number of aromatic nitrogens is 2. The number of rotatable bonds is 3. The highest BCUT2D eigenvalue weighted by molar-refractivity contribution is 5.33. The lowest BCUT2D eigenvalue weighted by Gasteiger charge is -2.42. The highest BCUT2D eigenvalue weighted by Crippen LogP contribution is 2.26. The topological polar surface area (TPSA) is 58.3 Å². The zero-order chi connectivity index (χ0) is 13.2. The molecule has 2 atom stereocenters. The van der Waals surface area contributed by atoms with Gasteiger partial charge in [0.25, 0.3) is 0 Å². The number of nitrogens with two attached hydrogens (primary N) is 1. The van der Waals surface area contributed by atoms with Crippen LogP contribution in [0.15, 0.2) is 12.4 Å². The van der Waals surface area contributed by atoms with Crippen molar-refractivity contribution in [1.29, 1.82) is 0 Å². The standard InChI is InChI=1S/C14H23N5/c1-11-9-18-6-2-3-13(18)10-19(11)14-16-7-12(4-5-15)8-17-14/h7-8,11,13H,2-6,9-10,15H2,1H3. The van der Waals surface area contributed by atoms with E-state index < -0.39 is 0 Å². The van der Waals surface area contributed by atoms with Gasteiger partial charge in [0.2, 0.25) is 5.95 Å². The molecule has 2 aliphatic rings. The first-order chi connectivity index (χ1) is 9.28. The Morgan fingerprint density at radius 2 is 2.11 bits per heavy atom. The third kappa shape index (κ3) is 2.58. The van der Waals surface area contributed by atoms with E-state index in [1.54, 1.807) is 0 Å². The molecule has 0 aliphatic carbocycles. The van der Waals surface area contributed by atoms with Crippen molar-refractivity contribution >= 4 is 5.95 Å². The second-order valence-corrected chi connectivity index (χ2v) is 5.72. The lowest BCUT2D eigenvalue weighted by molar-refractivity contribution is 0.201. The highest BCUT2D eigenvalue weighted by atomic mass is 15.4. The summed E-state index contributed by atoms with van der Waals surface area (Å²) in [4.78, 5) is 14.0. The van der Waals surface area contributed by atoms with Crippen molar-refractivity contribution in [1.82, 2.24) is 14.9 Å². The fourth-order valence-electron chi connectivity index (χ4n) is 3.26. The van der Waals surface area contributed by atoms with E-state index in [1.807, 2.05) is 12.4 Å². The lowest BCUT2D eigenvalue weighted by Crippen LogP contribution is -2.55. The summed E-state index contributed by atoms with van der Waals surface area (Å²) in [6, 6.07) is 1.19. The van der Waals surface area contributed by atoms with E-state index >= 15 is 0 Å². The molecule has 0 saturated carbocycles. The number of piperazine rings is 1. The summed E-state index contributed by atoms with van der Waals surface area (Å²) in [7, 11) is 0. The van der Waals surface area contributed by atoms with Crippen molar-refractivity contribution in [2.75, 3.05) is 31.1 Å². The van der Waals surface area contributed by atoms with Gasteiger partial charge in [-0.05, 0) is 44.8 Å². The third-order valence-corrected chi connectivity index (χ3v) is 4.32. The minimum absolute atomic E-state index is 0.495. The molecular formula is C14H23N5. The molecule has 0 radical (unpaired) electrons. The van der Waals surface area contributed by atoms with Crippen LogP contribution in [0.3, 0.4) is 0 Å². The van der Waals surface area contributed by atoms with E-state index in [2.05, 4.69) is 26.7 Å². The Balaban J connectivity index is 1.73. The zero-order valence-electron chi connectivity index (χ0n) is 11.6. The van der Waals surface area contributed by atoms with Crippen molar-refractivity contribution in [2.45, 2.75) is 38.3 Å². The predicted molar refractivity (Wildman–Crippen MR) is 76.2 cm³/mol. The molecule has 0 bridgehead atoms. The average molecular weight is 261 g/mol. The van der Waals surface area contributed by atoms with Crippen LogP contribution in [-0.4, -0.2) is 53.1 Å². The van der Waals surface area contributed by atoms with E-state index in [0.717, 1.165) is 31.0 Å². The van der Waals surface area contributed by atoms with Gasteiger partial charge in [-0.15, -0.1) is 0 Å². The molecule has 104 valence electrons. The molecule has 0 aromatic carbocycles. The van der Waals surface area contributed by atoms with E-state index in [-0.39, 0.29) is 0 Å². The Morgan fingerprint density at radius 3 is 2.84 bits per heavy atom. The minimum atomic E-state index is 0.495. The summed E-state index contributed by atoms with van der Waals surface area (Å²) < 4.78 is 0. The fraction of sp³-hybridized carbons (Fsp3) is 0.714. The maximum Gasteiger partial charge on any atom is 0.225 e. The van der Waals surface area contributed by atoms with Crippen molar-refractivity contribution in [3.05, 3.63) is 18.0 Å². The van der Waals surface area contributed by atoms with Crippen LogP contribution in [0.5, 0.6) is 0 Å². The molecule has 2 aliphatic heterocycles. The highest BCUT2D eigenvalue weighted by Gasteiger charge is 2.35. The van der Waals surface area contributed by atoms with Gasteiger partial charge in [-0.25, -0.2) is 9.97 Å². The normalized spacial score (nSPS) is 27.6. The van der Waals surface area contributed by atoms with Gasteiger partial charge in [-0.1, -0.05) is 0 Å². The van der Waals surface area contributed by atoms with Gasteiger partial charge in [0.1, 0.15) is 0 Å². The van der Waals surface area contributed by atoms with Gasteiger partial charge in [-0.2, -0.15) is 0 Å². The Labute approximate surface area is 114 Å². The van der Waals surface area contributed by atoms with Gasteiger partial charge in [0.05, 0.1) is 0 Å². The van der Waals surface area contributed by atoms with Crippen LogP contribution < -0.4 is 10.6 Å². The van der Waals surface area contributed by atoms with Gasteiger partial charge in [0, 0.05) is 37.6 Å². The summed E-state index contributed by atoms with van der Waals surface area (Å²) in [5.41, 5.74) is 6.67. The largest absolute Gasteiger partial charge is 0.335 e. The molecule has 0 spiro atoms. The molecule has 19 heavy (non-hydrogen) atoms. The van der Waals surface area contributed by atoms with Crippen LogP contribution in [0, 0.1) is 0 Å². The van der Waals surface area contributed by atoms with E-state index in [0.29, 0.717) is 18.6 Å². The minimum Gasteiger partial charge on any atom is -0.335 e. The first kappa shape index (κ1) is 12.8. The van der Waals surface area contributed by atoms with Gasteiger partial charge in [0.15, 0.2) is 0 Å². The first-order valence-corrected chi connectivity index (χ1v) is 7.29. The maximum absolute atomic E-state index is 5.55. The zero-order valence-corrected chi connectivity index (χ0v) is 11.6. The fourth-order valence-corrected chi connectivity index (χ4v) is 3.26. The monoisotopic (exact) mass is 261 g/mol. The molecule has 1 aromatic rings. The number of hydrogen-bond donors (Lipinski definition) is 1. The molecule has 3 heterocycles. The van der Waals surface area contributed by atoms with Crippen LogP contribution in [0.25, 0.3) is 0 Å². The SMILES string of the molecule is CC1CN2CCCC2CN1c1ncc(CCN)cn1. The predicted octanol–water partition coefficient (Wildman–Crippen LogP) is 0.651. The molecule has 2 unspecified atom stereocenters.